The van der Waals surface area contributed by atoms with Crippen molar-refractivity contribution in [3.63, 3.8) is 0 Å². The van der Waals surface area contributed by atoms with Crippen LogP contribution in [0.2, 0.25) is 0 Å². The zero-order valence-corrected chi connectivity index (χ0v) is 9.01. The van der Waals surface area contributed by atoms with Crippen LogP contribution in [0.5, 0.6) is 0 Å². The quantitative estimate of drug-likeness (QED) is 0.808. The summed E-state index contributed by atoms with van der Waals surface area (Å²) < 4.78 is 2.09. The van der Waals surface area contributed by atoms with Gasteiger partial charge in [0.1, 0.15) is 11.3 Å². The molecule has 0 aliphatic heterocycles. The number of hydrogen-bond donors (Lipinski definition) is 1. The number of hydrogen-bond acceptors (Lipinski definition) is 4. The number of rotatable bonds is 3. The van der Waals surface area contributed by atoms with Crippen LogP contribution in [0.4, 0.5) is 0 Å². The molecule has 0 aliphatic carbocycles. The predicted octanol–water partition coefficient (Wildman–Crippen LogP) is 0.908. The number of nitrogens with zero attached hydrogens (tertiary/aromatic N) is 4. The van der Waals surface area contributed by atoms with E-state index in [0.29, 0.717) is 12.6 Å². The van der Waals surface area contributed by atoms with Crippen molar-refractivity contribution in [1.82, 2.24) is 19.7 Å². The van der Waals surface area contributed by atoms with E-state index in [4.69, 9.17) is 5.73 Å². The Labute approximate surface area is 88.3 Å². The van der Waals surface area contributed by atoms with Crippen molar-refractivity contribution in [3.05, 3.63) is 18.1 Å². The molecule has 0 atom stereocenters. The summed E-state index contributed by atoms with van der Waals surface area (Å²) >= 11 is 0. The lowest BCUT2D eigenvalue weighted by Crippen LogP contribution is -2.12. The van der Waals surface area contributed by atoms with Gasteiger partial charge in [0.25, 0.3) is 0 Å². The molecule has 5 nitrogen and oxygen atoms in total. The van der Waals surface area contributed by atoms with Crippen LogP contribution >= 0.6 is 0 Å². The van der Waals surface area contributed by atoms with Gasteiger partial charge in [-0.1, -0.05) is 0 Å². The summed E-state index contributed by atoms with van der Waals surface area (Å²) in [4.78, 5) is 4.50. The summed E-state index contributed by atoms with van der Waals surface area (Å²) in [6.07, 6.45) is 2.43. The van der Waals surface area contributed by atoms with Gasteiger partial charge in [-0.15, -0.1) is 5.10 Å². The zero-order valence-electron chi connectivity index (χ0n) is 9.01. The van der Waals surface area contributed by atoms with Gasteiger partial charge < -0.3 is 10.3 Å². The third-order valence-electron chi connectivity index (χ3n) is 2.32. The summed E-state index contributed by atoms with van der Waals surface area (Å²) in [5.41, 5.74) is 7.30. The molecule has 0 unspecified atom stereocenters. The fraction of sp³-hybridized carbons (Fsp3) is 0.500. The molecule has 2 aromatic heterocycles. The summed E-state index contributed by atoms with van der Waals surface area (Å²) in [7, 11) is 0. The van der Waals surface area contributed by atoms with Crippen LogP contribution in [0.3, 0.4) is 0 Å². The Bertz CT molecular complexity index is 460. The van der Waals surface area contributed by atoms with E-state index in [1.165, 1.54) is 0 Å². The van der Waals surface area contributed by atoms with Gasteiger partial charge in [0.2, 0.25) is 0 Å². The monoisotopic (exact) mass is 205 g/mol. The average Bonchev–Trinajstić information content (AvgIpc) is 2.56. The second kappa shape index (κ2) is 3.94. The van der Waals surface area contributed by atoms with Crippen molar-refractivity contribution in [1.29, 1.82) is 0 Å². The highest BCUT2D eigenvalue weighted by Crippen LogP contribution is 2.18. The fourth-order valence-corrected chi connectivity index (χ4v) is 1.74. The van der Waals surface area contributed by atoms with Crippen molar-refractivity contribution >= 4 is 11.2 Å². The maximum absolute atomic E-state index is 5.56. The molecule has 0 fully saturated rings. The highest BCUT2D eigenvalue weighted by atomic mass is 15.2. The first-order valence-corrected chi connectivity index (χ1v) is 5.12. The Hall–Kier alpha value is -1.49. The Kier molecular flexibility index (Phi) is 2.64. The van der Waals surface area contributed by atoms with Gasteiger partial charge >= 0.3 is 0 Å². The van der Waals surface area contributed by atoms with E-state index in [1.807, 2.05) is 6.07 Å². The molecule has 0 saturated heterocycles. The first-order chi connectivity index (χ1) is 7.24. The molecule has 0 amide bonds. The largest absolute Gasteiger partial charge is 0.330 e. The van der Waals surface area contributed by atoms with E-state index < -0.39 is 0 Å². The molecule has 15 heavy (non-hydrogen) atoms. The maximum Gasteiger partial charge on any atom is 0.182 e. The molecule has 2 rings (SSSR count). The zero-order chi connectivity index (χ0) is 10.8. The van der Waals surface area contributed by atoms with Crippen LogP contribution in [0.25, 0.3) is 11.2 Å². The number of fused-ring (bicyclic) bond motifs is 1. The summed E-state index contributed by atoms with van der Waals surface area (Å²) in [6, 6.07) is 2.20. The van der Waals surface area contributed by atoms with Gasteiger partial charge in [0, 0.05) is 12.5 Å². The Balaban J connectivity index is 2.63. The predicted molar refractivity (Wildman–Crippen MR) is 58.5 cm³/mol. The van der Waals surface area contributed by atoms with E-state index in [2.05, 4.69) is 33.6 Å². The highest BCUT2D eigenvalue weighted by molar-refractivity contribution is 5.70. The lowest BCUT2D eigenvalue weighted by atomic mass is 10.3. The van der Waals surface area contributed by atoms with Crippen LogP contribution in [0.1, 0.15) is 25.7 Å². The van der Waals surface area contributed by atoms with E-state index in [-0.39, 0.29) is 0 Å². The molecule has 2 N–H and O–H groups in total. The third kappa shape index (κ3) is 1.70. The topological polar surface area (TPSA) is 69.6 Å². The van der Waals surface area contributed by atoms with Gasteiger partial charge in [0.05, 0.1) is 6.20 Å². The Morgan fingerprint density at radius 3 is 2.93 bits per heavy atom. The maximum atomic E-state index is 5.56. The summed E-state index contributed by atoms with van der Waals surface area (Å²) in [5.74, 6) is 0.989. The lowest BCUT2D eigenvalue weighted by Gasteiger charge is -2.10. The molecule has 0 aromatic carbocycles. The van der Waals surface area contributed by atoms with Crippen LogP contribution in [0.15, 0.2) is 12.3 Å². The molecule has 5 heteroatoms. The summed E-state index contributed by atoms with van der Waals surface area (Å²) in [6.45, 7) is 4.81. The van der Waals surface area contributed by atoms with Gasteiger partial charge in [-0.05, 0) is 26.5 Å². The molecule has 2 heterocycles. The SMILES string of the molecule is CC(C)n1c(CCN)nc2ccnnc21. The lowest BCUT2D eigenvalue weighted by molar-refractivity contribution is 0.578. The minimum absolute atomic E-state index is 0.327. The van der Waals surface area contributed by atoms with Gasteiger partial charge in [-0.25, -0.2) is 4.98 Å². The standard InChI is InChI=1S/C10H15N5/c1-7(2)15-9(3-5-11)13-8-4-6-12-14-10(8)15/h4,6-7H,3,5,11H2,1-2H3. The molecule has 0 radical (unpaired) electrons. The van der Waals surface area contributed by atoms with Gasteiger partial charge in [0.15, 0.2) is 5.65 Å². The van der Waals surface area contributed by atoms with E-state index in [9.17, 15) is 0 Å². The van der Waals surface area contributed by atoms with Crippen LogP contribution < -0.4 is 5.73 Å². The highest BCUT2D eigenvalue weighted by Gasteiger charge is 2.13. The molecule has 80 valence electrons. The first-order valence-electron chi connectivity index (χ1n) is 5.12. The third-order valence-corrected chi connectivity index (χ3v) is 2.32. The molecule has 0 saturated carbocycles. The van der Waals surface area contributed by atoms with Crippen molar-refractivity contribution in [2.24, 2.45) is 5.73 Å². The van der Waals surface area contributed by atoms with Crippen molar-refractivity contribution in [3.8, 4) is 0 Å². The normalized spacial score (nSPS) is 11.5. The van der Waals surface area contributed by atoms with Gasteiger partial charge in [-0.2, -0.15) is 5.10 Å². The van der Waals surface area contributed by atoms with Crippen LogP contribution in [-0.2, 0) is 6.42 Å². The smallest absolute Gasteiger partial charge is 0.182 e. The van der Waals surface area contributed by atoms with Crippen molar-refractivity contribution < 1.29 is 0 Å². The number of imidazole rings is 1. The average molecular weight is 205 g/mol. The Morgan fingerprint density at radius 2 is 2.27 bits per heavy atom. The Morgan fingerprint density at radius 1 is 1.47 bits per heavy atom. The first kappa shape index (κ1) is 10.0. The van der Waals surface area contributed by atoms with E-state index >= 15 is 0 Å². The van der Waals surface area contributed by atoms with E-state index in [1.54, 1.807) is 6.20 Å². The minimum atomic E-state index is 0.327. The molecular weight excluding hydrogens is 190 g/mol. The molecule has 0 spiro atoms. The van der Waals surface area contributed by atoms with E-state index in [0.717, 1.165) is 23.4 Å². The second-order valence-electron chi connectivity index (χ2n) is 3.77. The number of aromatic nitrogens is 4. The van der Waals surface area contributed by atoms with Crippen LogP contribution in [0, 0.1) is 0 Å². The minimum Gasteiger partial charge on any atom is -0.330 e. The number of nitrogens with two attached hydrogens (primary N) is 1. The fourth-order valence-electron chi connectivity index (χ4n) is 1.74. The van der Waals surface area contributed by atoms with Crippen LogP contribution in [-0.4, -0.2) is 26.3 Å². The van der Waals surface area contributed by atoms with Crippen molar-refractivity contribution in [2.75, 3.05) is 6.54 Å². The molecule has 0 bridgehead atoms. The second-order valence-corrected chi connectivity index (χ2v) is 3.77. The summed E-state index contributed by atoms with van der Waals surface area (Å²) in [5, 5.41) is 8.00. The van der Waals surface area contributed by atoms with Crippen molar-refractivity contribution in [2.45, 2.75) is 26.3 Å². The molecule has 0 aliphatic rings. The molecule has 2 aromatic rings. The molecular formula is C10H15N5. The van der Waals surface area contributed by atoms with Gasteiger partial charge in [-0.3, -0.25) is 0 Å².